The Kier molecular flexibility index (Phi) is 4.43. The molecule has 0 aromatic carbocycles. The first-order valence-electron chi connectivity index (χ1n) is 6.16. The van der Waals surface area contributed by atoms with Crippen LogP contribution in [0.4, 0.5) is 0 Å². The van der Waals surface area contributed by atoms with E-state index in [9.17, 15) is 0 Å². The van der Waals surface area contributed by atoms with E-state index in [1.54, 1.807) is 11.3 Å². The average molecular weight is 284 g/mol. The summed E-state index contributed by atoms with van der Waals surface area (Å²) in [4.78, 5) is 5.61. The molecule has 2 aromatic heterocycles. The van der Waals surface area contributed by atoms with Crippen molar-refractivity contribution in [1.82, 2.24) is 9.55 Å². The van der Waals surface area contributed by atoms with E-state index in [0.29, 0.717) is 0 Å². The molecule has 0 aliphatic carbocycles. The molecule has 0 aliphatic rings. The minimum atomic E-state index is 0.0181. The van der Waals surface area contributed by atoms with Crippen LogP contribution in [0.3, 0.4) is 0 Å². The molecule has 0 saturated heterocycles. The lowest BCUT2D eigenvalue weighted by Gasteiger charge is -2.23. The molecule has 2 N–H and O–H groups in total. The van der Waals surface area contributed by atoms with Crippen molar-refractivity contribution in [2.24, 2.45) is 5.73 Å². The third-order valence-electron chi connectivity index (χ3n) is 2.91. The first kappa shape index (κ1) is 13.6. The average Bonchev–Trinajstić information content (AvgIpc) is 2.90. The van der Waals surface area contributed by atoms with Gasteiger partial charge in [-0.2, -0.15) is 0 Å². The summed E-state index contributed by atoms with van der Waals surface area (Å²) in [6, 6.07) is 4.11. The molecule has 3 nitrogen and oxygen atoms in total. The van der Waals surface area contributed by atoms with Crippen molar-refractivity contribution in [3.05, 3.63) is 39.6 Å². The second kappa shape index (κ2) is 5.87. The lowest BCUT2D eigenvalue weighted by Crippen LogP contribution is -2.30. The summed E-state index contributed by atoms with van der Waals surface area (Å²) in [7, 11) is 0. The maximum atomic E-state index is 6.15. The van der Waals surface area contributed by atoms with Crippen molar-refractivity contribution in [3.63, 3.8) is 0 Å². The minimum absolute atomic E-state index is 0.0181. The number of aryl methyl sites for hydroxylation is 1. The van der Waals surface area contributed by atoms with Crippen LogP contribution < -0.4 is 5.73 Å². The van der Waals surface area contributed by atoms with Gasteiger partial charge in [0.25, 0.3) is 0 Å². The van der Waals surface area contributed by atoms with Gasteiger partial charge >= 0.3 is 0 Å². The van der Waals surface area contributed by atoms with Crippen molar-refractivity contribution in [3.8, 4) is 0 Å². The Morgan fingerprint density at radius 3 is 2.83 bits per heavy atom. The van der Waals surface area contributed by atoms with Crippen LogP contribution in [-0.4, -0.2) is 15.6 Å². The molecule has 0 fully saturated rings. The number of nitrogens with two attached hydrogens (primary N) is 1. The lowest BCUT2D eigenvalue weighted by molar-refractivity contribution is 0.485. The van der Waals surface area contributed by atoms with Crippen molar-refractivity contribution in [1.29, 1.82) is 0 Å². The van der Waals surface area contributed by atoms with E-state index in [1.165, 1.54) is 4.88 Å². The van der Waals surface area contributed by atoms with E-state index in [1.807, 2.05) is 25.4 Å². The second-order valence-corrected chi connectivity index (χ2v) is 6.19. The van der Waals surface area contributed by atoms with Gasteiger partial charge in [-0.1, -0.05) is 18.5 Å². The number of hydrogen-bond acceptors (Lipinski definition) is 3. The molecule has 0 spiro atoms. The minimum Gasteiger partial charge on any atom is -0.326 e. The van der Waals surface area contributed by atoms with E-state index in [4.69, 9.17) is 17.3 Å². The third-order valence-corrected chi connectivity index (χ3v) is 4.21. The largest absolute Gasteiger partial charge is 0.326 e. The summed E-state index contributed by atoms with van der Waals surface area (Å²) in [5.74, 6) is 1.09. The highest BCUT2D eigenvalue weighted by Crippen LogP contribution is 2.31. The molecule has 5 heteroatoms. The fourth-order valence-corrected chi connectivity index (χ4v) is 3.43. The Bertz CT molecular complexity index is 504. The molecule has 2 unspecified atom stereocenters. The van der Waals surface area contributed by atoms with Crippen molar-refractivity contribution < 1.29 is 0 Å². The van der Waals surface area contributed by atoms with Gasteiger partial charge in [-0.3, -0.25) is 0 Å². The quantitative estimate of drug-likeness (QED) is 0.913. The maximum absolute atomic E-state index is 6.15. The predicted octanol–water partition coefficient (Wildman–Crippen LogP) is 3.49. The molecule has 2 atom stereocenters. The Balaban J connectivity index is 2.38. The number of hydrogen-bond donors (Lipinski definition) is 1. The van der Waals surface area contributed by atoms with Gasteiger partial charge in [0.15, 0.2) is 0 Å². The van der Waals surface area contributed by atoms with Crippen LogP contribution in [0.15, 0.2) is 24.5 Å². The Hall–Kier alpha value is -0.840. The summed E-state index contributed by atoms with van der Waals surface area (Å²) >= 11 is 7.61. The summed E-state index contributed by atoms with van der Waals surface area (Å²) in [5, 5.41) is 0. The fourth-order valence-electron chi connectivity index (χ4n) is 2.15. The van der Waals surface area contributed by atoms with Crippen LogP contribution in [0, 0.1) is 0 Å². The SMILES string of the molecule is CCCc1nccn1C(c1ccc(Cl)s1)C(C)N. The van der Waals surface area contributed by atoms with Crippen LogP contribution in [0.1, 0.15) is 37.0 Å². The number of imidazole rings is 1. The molecule has 98 valence electrons. The van der Waals surface area contributed by atoms with E-state index in [0.717, 1.165) is 23.0 Å². The van der Waals surface area contributed by atoms with E-state index in [2.05, 4.69) is 22.5 Å². The van der Waals surface area contributed by atoms with Gasteiger partial charge in [-0.25, -0.2) is 4.98 Å². The second-order valence-electron chi connectivity index (χ2n) is 4.45. The van der Waals surface area contributed by atoms with E-state index < -0.39 is 0 Å². The van der Waals surface area contributed by atoms with Crippen LogP contribution in [-0.2, 0) is 6.42 Å². The zero-order chi connectivity index (χ0) is 13.1. The number of nitrogens with zero attached hydrogens (tertiary/aromatic N) is 2. The lowest BCUT2D eigenvalue weighted by atomic mass is 10.1. The predicted molar refractivity (Wildman–Crippen MR) is 77.3 cm³/mol. The monoisotopic (exact) mass is 283 g/mol. The molecule has 0 amide bonds. The molecule has 0 saturated carbocycles. The summed E-state index contributed by atoms with van der Waals surface area (Å²) in [6.07, 6.45) is 5.89. The molecule has 2 rings (SSSR count). The summed E-state index contributed by atoms with van der Waals surface area (Å²) < 4.78 is 2.98. The Morgan fingerprint density at radius 1 is 1.50 bits per heavy atom. The number of rotatable bonds is 5. The van der Waals surface area contributed by atoms with Gasteiger partial charge in [0.05, 0.1) is 10.4 Å². The Morgan fingerprint density at radius 2 is 2.28 bits per heavy atom. The van der Waals surface area contributed by atoms with Crippen LogP contribution >= 0.6 is 22.9 Å². The summed E-state index contributed by atoms with van der Waals surface area (Å²) in [5.41, 5.74) is 6.15. The third kappa shape index (κ3) is 2.76. The number of aromatic nitrogens is 2. The van der Waals surface area contributed by atoms with E-state index in [-0.39, 0.29) is 12.1 Å². The van der Waals surface area contributed by atoms with Crippen molar-refractivity contribution in [2.75, 3.05) is 0 Å². The molecule has 2 aromatic rings. The van der Waals surface area contributed by atoms with Gasteiger partial charge < -0.3 is 10.3 Å². The first-order chi connectivity index (χ1) is 8.63. The fraction of sp³-hybridized carbons (Fsp3) is 0.462. The smallest absolute Gasteiger partial charge is 0.109 e. The molecule has 0 aliphatic heterocycles. The van der Waals surface area contributed by atoms with Crippen molar-refractivity contribution >= 4 is 22.9 Å². The molecular formula is C13H18ClN3S. The summed E-state index contributed by atoms with van der Waals surface area (Å²) in [6.45, 7) is 4.18. The first-order valence-corrected chi connectivity index (χ1v) is 7.35. The highest BCUT2D eigenvalue weighted by Gasteiger charge is 2.22. The maximum Gasteiger partial charge on any atom is 0.109 e. The van der Waals surface area contributed by atoms with Crippen LogP contribution in [0.2, 0.25) is 4.34 Å². The van der Waals surface area contributed by atoms with Crippen LogP contribution in [0.5, 0.6) is 0 Å². The highest BCUT2D eigenvalue weighted by molar-refractivity contribution is 7.16. The Labute approximate surface area is 117 Å². The molecule has 0 radical (unpaired) electrons. The van der Waals surface area contributed by atoms with Crippen LogP contribution in [0.25, 0.3) is 0 Å². The normalized spacial score (nSPS) is 14.7. The van der Waals surface area contributed by atoms with Gasteiger partial charge in [0.2, 0.25) is 0 Å². The zero-order valence-electron chi connectivity index (χ0n) is 10.6. The molecular weight excluding hydrogens is 266 g/mol. The highest BCUT2D eigenvalue weighted by atomic mass is 35.5. The topological polar surface area (TPSA) is 43.8 Å². The zero-order valence-corrected chi connectivity index (χ0v) is 12.2. The molecule has 18 heavy (non-hydrogen) atoms. The van der Waals surface area contributed by atoms with Gasteiger partial charge in [-0.05, 0) is 25.5 Å². The van der Waals surface area contributed by atoms with Gasteiger partial charge in [-0.15, -0.1) is 11.3 Å². The van der Waals surface area contributed by atoms with Gasteiger partial charge in [0, 0.05) is 29.7 Å². The standard InChI is InChI=1S/C13H18ClN3S/c1-3-4-12-16-7-8-17(12)13(9(2)15)10-5-6-11(14)18-10/h5-9,13H,3-4,15H2,1-2H3. The molecule has 2 heterocycles. The molecule has 0 bridgehead atoms. The van der Waals surface area contributed by atoms with Crippen molar-refractivity contribution in [2.45, 2.75) is 38.8 Å². The number of thiophene rings is 1. The van der Waals surface area contributed by atoms with E-state index >= 15 is 0 Å². The number of halogens is 1. The van der Waals surface area contributed by atoms with Gasteiger partial charge in [0.1, 0.15) is 5.82 Å².